The summed E-state index contributed by atoms with van der Waals surface area (Å²) in [7, 11) is 1.55. The van der Waals surface area contributed by atoms with E-state index in [0.29, 0.717) is 19.3 Å². The van der Waals surface area contributed by atoms with Gasteiger partial charge in [0.1, 0.15) is 17.2 Å². The lowest BCUT2D eigenvalue weighted by molar-refractivity contribution is -0.138. The number of imidazole rings is 1. The van der Waals surface area contributed by atoms with E-state index in [4.69, 9.17) is 4.84 Å². The van der Waals surface area contributed by atoms with Crippen LogP contribution in [0.5, 0.6) is 0 Å². The topological polar surface area (TPSA) is 156 Å². The Balaban J connectivity index is 1.40. The quantitative estimate of drug-likeness (QED) is 0.322. The number of nitrogens with one attached hydrogen (secondary N) is 3. The Morgan fingerprint density at radius 2 is 2.05 bits per heavy atom. The van der Waals surface area contributed by atoms with Gasteiger partial charge in [0.15, 0.2) is 17.7 Å². The molecule has 3 aromatic rings. The van der Waals surface area contributed by atoms with E-state index in [1.807, 2.05) is 0 Å². The van der Waals surface area contributed by atoms with Crippen molar-refractivity contribution < 1.29 is 32.4 Å². The average Bonchev–Trinajstić information content (AvgIpc) is 3.48. The summed E-state index contributed by atoms with van der Waals surface area (Å²) in [5.41, 5.74) is 0.586. The molecule has 3 N–H and O–H groups in total. The van der Waals surface area contributed by atoms with Gasteiger partial charge in [0.05, 0.1) is 24.1 Å². The van der Waals surface area contributed by atoms with Crippen LogP contribution in [0.3, 0.4) is 0 Å². The predicted octanol–water partition coefficient (Wildman–Crippen LogP) is 2.71. The van der Waals surface area contributed by atoms with Crippen LogP contribution in [0.15, 0.2) is 41.8 Å². The molecule has 1 aliphatic heterocycles. The number of aryl methyl sites for hydroxylation is 1. The van der Waals surface area contributed by atoms with E-state index in [1.54, 1.807) is 20.0 Å². The molecular formula is C26H26F3N9O4. The summed E-state index contributed by atoms with van der Waals surface area (Å²) < 4.78 is 41.6. The summed E-state index contributed by atoms with van der Waals surface area (Å²) in [6.07, 6.45) is -1.39. The number of carbonyl (C=O) groups excluding carboxylic acids is 3. The number of anilines is 2. The highest BCUT2D eigenvalue weighted by Crippen LogP contribution is 2.46. The molecule has 1 fully saturated rings. The zero-order chi connectivity index (χ0) is 30.2. The van der Waals surface area contributed by atoms with Crippen LogP contribution in [0.4, 0.5) is 24.8 Å². The van der Waals surface area contributed by atoms with Gasteiger partial charge in [-0.25, -0.2) is 25.3 Å². The molecule has 0 aromatic carbocycles. The molecular weight excluding hydrogens is 559 g/mol. The normalized spacial score (nSPS) is 17.2. The van der Waals surface area contributed by atoms with Gasteiger partial charge in [0.2, 0.25) is 6.41 Å². The van der Waals surface area contributed by atoms with Crippen LogP contribution >= 0.6 is 0 Å². The lowest BCUT2D eigenvalue weighted by Gasteiger charge is -2.22. The number of rotatable bonds is 9. The minimum Gasteiger partial charge on any atom is -0.371 e. The Morgan fingerprint density at radius 1 is 1.29 bits per heavy atom. The second-order valence-electron chi connectivity index (χ2n) is 9.74. The largest absolute Gasteiger partial charge is 0.418 e. The number of halogens is 3. The average molecular weight is 586 g/mol. The number of aromatic nitrogens is 4. The van der Waals surface area contributed by atoms with Crippen LogP contribution in [0, 0.1) is 6.92 Å². The van der Waals surface area contributed by atoms with Crippen molar-refractivity contribution in [2.45, 2.75) is 44.6 Å². The van der Waals surface area contributed by atoms with Crippen LogP contribution in [-0.4, -0.2) is 68.3 Å². The zero-order valence-electron chi connectivity index (χ0n) is 22.7. The second-order valence-corrected chi connectivity index (χ2v) is 9.74. The maximum absolute atomic E-state index is 13.6. The first-order chi connectivity index (χ1) is 20.0. The number of aliphatic imine (C=N–C) groups is 1. The molecule has 42 heavy (non-hydrogen) atoms. The standard InChI is InChI=1S/C26H26F3N9O4/c1-14-17(26(27,28)29)9-16(10-31-14)18-5-4-6-19(34-18)35-24(41)25(7-8-25)38-12-32-22(30-3)21(38)23(40)37(13-39)11-20-33-15(2)42-36-20/h4-6,9-10,12-13,15,30H,7-8,11H2,1-3H3,(H,33,36)(H,34,35,41). The van der Waals surface area contributed by atoms with Crippen LogP contribution < -0.4 is 16.1 Å². The first kappa shape index (κ1) is 28.7. The second kappa shape index (κ2) is 10.8. The highest BCUT2D eigenvalue weighted by atomic mass is 19.4. The molecule has 220 valence electrons. The van der Waals surface area contributed by atoms with Gasteiger partial charge >= 0.3 is 6.18 Å². The van der Waals surface area contributed by atoms with E-state index < -0.39 is 35.3 Å². The summed E-state index contributed by atoms with van der Waals surface area (Å²) in [4.78, 5) is 61.5. The van der Waals surface area contributed by atoms with Gasteiger partial charge in [-0.1, -0.05) is 6.07 Å². The van der Waals surface area contributed by atoms with Gasteiger partial charge < -0.3 is 15.2 Å². The molecule has 5 rings (SSSR count). The third-order valence-corrected chi connectivity index (χ3v) is 6.89. The van der Waals surface area contributed by atoms with Crippen molar-refractivity contribution in [1.29, 1.82) is 0 Å². The molecule has 3 amide bonds. The molecule has 3 aromatic heterocycles. The molecule has 1 atom stereocenters. The number of amidine groups is 1. The van der Waals surface area contributed by atoms with Gasteiger partial charge in [-0.05, 0) is 44.9 Å². The smallest absolute Gasteiger partial charge is 0.371 e. The van der Waals surface area contributed by atoms with Gasteiger partial charge in [-0.15, -0.1) is 0 Å². The maximum Gasteiger partial charge on any atom is 0.418 e. The Kier molecular flexibility index (Phi) is 7.40. The summed E-state index contributed by atoms with van der Waals surface area (Å²) >= 11 is 0. The van der Waals surface area contributed by atoms with Gasteiger partial charge in [-0.3, -0.25) is 24.3 Å². The minimum atomic E-state index is -4.59. The lowest BCUT2D eigenvalue weighted by Crippen LogP contribution is -2.41. The molecule has 0 saturated heterocycles. The van der Waals surface area contributed by atoms with E-state index in [9.17, 15) is 27.6 Å². The Bertz CT molecular complexity index is 1580. The number of pyridine rings is 2. The monoisotopic (exact) mass is 585 g/mol. The third kappa shape index (κ3) is 5.39. The Hall–Kier alpha value is -4.86. The first-order valence-electron chi connectivity index (χ1n) is 12.8. The Morgan fingerprint density at radius 3 is 2.67 bits per heavy atom. The summed E-state index contributed by atoms with van der Waals surface area (Å²) in [6, 6.07) is 5.50. The third-order valence-electron chi connectivity index (χ3n) is 6.89. The molecule has 1 saturated carbocycles. The molecule has 1 aliphatic carbocycles. The lowest BCUT2D eigenvalue weighted by atomic mass is 10.1. The van der Waals surface area contributed by atoms with Crippen molar-refractivity contribution in [3.05, 3.63) is 53.7 Å². The number of hydrogen-bond acceptors (Lipinski definition) is 10. The highest BCUT2D eigenvalue weighted by Gasteiger charge is 2.54. The predicted molar refractivity (Wildman–Crippen MR) is 143 cm³/mol. The number of carbonyl (C=O) groups is 3. The number of hydrogen-bond donors (Lipinski definition) is 3. The maximum atomic E-state index is 13.6. The molecule has 0 radical (unpaired) electrons. The van der Waals surface area contributed by atoms with Gasteiger partial charge in [0, 0.05) is 24.5 Å². The number of imide groups is 1. The number of hydroxylamine groups is 1. The molecule has 4 heterocycles. The van der Waals surface area contributed by atoms with Crippen LogP contribution in [0.1, 0.15) is 41.5 Å². The fourth-order valence-electron chi connectivity index (χ4n) is 4.57. The molecule has 16 heteroatoms. The molecule has 2 aliphatic rings. The van der Waals surface area contributed by atoms with Crippen molar-refractivity contribution in [3.63, 3.8) is 0 Å². The molecule has 0 bridgehead atoms. The fourth-order valence-corrected chi connectivity index (χ4v) is 4.57. The van der Waals surface area contributed by atoms with E-state index in [-0.39, 0.29) is 46.7 Å². The zero-order valence-corrected chi connectivity index (χ0v) is 22.7. The first-order valence-corrected chi connectivity index (χ1v) is 12.8. The van der Waals surface area contributed by atoms with Crippen molar-refractivity contribution in [3.8, 4) is 11.3 Å². The Labute approximate surface area is 237 Å². The van der Waals surface area contributed by atoms with Crippen LogP contribution in [0.2, 0.25) is 0 Å². The van der Waals surface area contributed by atoms with E-state index >= 15 is 0 Å². The van der Waals surface area contributed by atoms with E-state index in [0.717, 1.165) is 11.0 Å². The van der Waals surface area contributed by atoms with Crippen molar-refractivity contribution in [2.75, 3.05) is 24.2 Å². The van der Waals surface area contributed by atoms with E-state index in [1.165, 1.54) is 36.1 Å². The van der Waals surface area contributed by atoms with Crippen molar-refractivity contribution >= 4 is 35.7 Å². The fraction of sp³-hybridized carbons (Fsp3) is 0.346. The van der Waals surface area contributed by atoms with Crippen LogP contribution in [0.25, 0.3) is 11.3 Å². The molecule has 1 unspecified atom stereocenters. The number of alkyl halides is 3. The van der Waals surface area contributed by atoms with Gasteiger partial charge in [-0.2, -0.15) is 13.2 Å². The summed E-state index contributed by atoms with van der Waals surface area (Å²) in [5, 5.41) is 5.52. The number of nitrogens with zero attached hydrogens (tertiary/aromatic N) is 6. The molecule has 0 spiro atoms. The van der Waals surface area contributed by atoms with Gasteiger partial charge in [0.25, 0.3) is 11.8 Å². The van der Waals surface area contributed by atoms with Crippen molar-refractivity contribution in [2.24, 2.45) is 4.99 Å². The minimum absolute atomic E-state index is 0.0167. The summed E-state index contributed by atoms with van der Waals surface area (Å²) in [6.45, 7) is 2.75. The summed E-state index contributed by atoms with van der Waals surface area (Å²) in [5.74, 6) is -0.711. The van der Waals surface area contributed by atoms with E-state index in [2.05, 4.69) is 36.1 Å². The molecule has 13 nitrogen and oxygen atoms in total. The van der Waals surface area contributed by atoms with Crippen molar-refractivity contribution in [1.82, 2.24) is 29.9 Å². The highest BCUT2D eigenvalue weighted by molar-refractivity contribution is 6.06. The number of amides is 3. The SMILES string of the molecule is CNc1ncn(C2(C(=O)Nc3cccc(-c4cnc(C)c(C(F)(F)F)c4)n3)CC2)c1C(=O)N(C=O)CC1=NC(C)ON1. The van der Waals surface area contributed by atoms with Crippen LogP contribution in [-0.2, 0) is 26.1 Å².